The van der Waals surface area contributed by atoms with Gasteiger partial charge in [-0.3, -0.25) is 4.79 Å². The Labute approximate surface area is 87.7 Å². The van der Waals surface area contributed by atoms with E-state index in [1.807, 2.05) is 25.8 Å². The van der Waals surface area contributed by atoms with Gasteiger partial charge in [-0.25, -0.2) is 0 Å². The van der Waals surface area contributed by atoms with Gasteiger partial charge in [0.05, 0.1) is 0 Å². The first-order chi connectivity index (χ1) is 6.61. The van der Waals surface area contributed by atoms with Gasteiger partial charge < -0.3 is 4.90 Å². The molecule has 0 aliphatic heterocycles. The summed E-state index contributed by atoms with van der Waals surface area (Å²) < 4.78 is 0. The van der Waals surface area contributed by atoms with Crippen molar-refractivity contribution in [3.8, 4) is 0 Å². The molecule has 0 atom stereocenters. The van der Waals surface area contributed by atoms with E-state index in [1.54, 1.807) is 0 Å². The highest BCUT2D eigenvalue weighted by atomic mass is 16.2. The quantitative estimate of drug-likeness (QED) is 0.681. The van der Waals surface area contributed by atoms with Gasteiger partial charge in [0.1, 0.15) is 0 Å². The molecular weight excluding hydrogens is 174 g/mol. The molecule has 0 aromatic rings. The molecule has 0 N–H and O–H groups in total. The van der Waals surface area contributed by atoms with E-state index in [0.29, 0.717) is 0 Å². The molecule has 82 valence electrons. The highest BCUT2D eigenvalue weighted by Gasteiger charge is 2.19. The zero-order valence-corrected chi connectivity index (χ0v) is 9.75. The zero-order valence-electron chi connectivity index (χ0n) is 9.75. The fourth-order valence-electron chi connectivity index (χ4n) is 2.29. The molecule has 2 heteroatoms. The zero-order chi connectivity index (χ0) is 10.6. The van der Waals surface area contributed by atoms with Gasteiger partial charge >= 0.3 is 0 Å². The highest BCUT2D eigenvalue weighted by Crippen LogP contribution is 2.24. The normalized spacial score (nSPS) is 18.6. The molecule has 0 aromatic heterocycles. The number of hydrogen-bond acceptors (Lipinski definition) is 1. The van der Waals surface area contributed by atoms with Crippen LogP contribution in [0.4, 0.5) is 0 Å². The summed E-state index contributed by atoms with van der Waals surface area (Å²) in [5.74, 6) is 1.19. The second kappa shape index (κ2) is 5.38. The smallest absolute Gasteiger partial charge is 0.224 e. The van der Waals surface area contributed by atoms with Crippen LogP contribution >= 0.6 is 0 Å². The van der Waals surface area contributed by atoms with Crippen molar-refractivity contribution in [2.24, 2.45) is 11.8 Å². The fourth-order valence-corrected chi connectivity index (χ4v) is 2.29. The topological polar surface area (TPSA) is 20.3 Å². The minimum absolute atomic E-state index is 0.142. The molecule has 0 spiro atoms. The third-order valence-corrected chi connectivity index (χ3v) is 3.13. The molecule has 2 nitrogen and oxygen atoms in total. The molecule has 0 aromatic carbocycles. The fraction of sp³-hybridized carbons (Fsp3) is 0.917. The van der Waals surface area contributed by atoms with Gasteiger partial charge in [-0.05, 0) is 18.8 Å². The number of nitrogens with zero attached hydrogens (tertiary/aromatic N) is 1. The summed E-state index contributed by atoms with van der Waals surface area (Å²) in [6.45, 7) is 4.91. The summed E-state index contributed by atoms with van der Waals surface area (Å²) in [4.78, 5) is 13.6. The van der Waals surface area contributed by atoms with Gasteiger partial charge in [0.2, 0.25) is 5.91 Å². The molecule has 0 radical (unpaired) electrons. The van der Waals surface area contributed by atoms with Crippen LogP contribution in [0.2, 0.25) is 0 Å². The Morgan fingerprint density at radius 2 is 1.86 bits per heavy atom. The average molecular weight is 197 g/mol. The third kappa shape index (κ3) is 3.32. The number of carbonyl (C=O) groups excluding carboxylic acids is 1. The van der Waals surface area contributed by atoms with Crippen LogP contribution in [0.15, 0.2) is 0 Å². The Morgan fingerprint density at radius 1 is 1.29 bits per heavy atom. The molecule has 1 rings (SSSR count). The summed E-state index contributed by atoms with van der Waals surface area (Å²) in [6, 6.07) is 0. The molecule has 0 bridgehead atoms. The lowest BCUT2D eigenvalue weighted by atomic mass is 9.89. The van der Waals surface area contributed by atoms with Crippen molar-refractivity contribution < 1.29 is 4.79 Å². The molecule has 0 saturated heterocycles. The summed E-state index contributed by atoms with van der Waals surface area (Å²) in [5.41, 5.74) is 0. The van der Waals surface area contributed by atoms with Crippen LogP contribution in [0.25, 0.3) is 0 Å². The van der Waals surface area contributed by atoms with Gasteiger partial charge in [0, 0.05) is 19.5 Å². The van der Waals surface area contributed by atoms with E-state index in [9.17, 15) is 4.79 Å². The summed E-state index contributed by atoms with van der Waals surface area (Å²) in [7, 11) is 1.94. The largest absolute Gasteiger partial charge is 0.345 e. The van der Waals surface area contributed by atoms with Crippen LogP contribution in [0.1, 0.15) is 46.0 Å². The number of hydrogen-bond donors (Lipinski definition) is 0. The van der Waals surface area contributed by atoms with Crippen molar-refractivity contribution >= 4 is 5.91 Å². The Bertz CT molecular complexity index is 183. The molecule has 0 unspecified atom stereocenters. The molecule has 1 amide bonds. The van der Waals surface area contributed by atoms with Crippen LogP contribution in [-0.4, -0.2) is 24.4 Å². The first kappa shape index (κ1) is 11.5. The standard InChI is InChI=1S/C12H23NO/c1-10(2)12(14)13(3)9-11-7-5-4-6-8-11/h10-11H,4-9H2,1-3H3. The van der Waals surface area contributed by atoms with Crippen molar-refractivity contribution in [3.63, 3.8) is 0 Å². The molecule has 1 aliphatic carbocycles. The van der Waals surface area contributed by atoms with E-state index in [-0.39, 0.29) is 11.8 Å². The maximum Gasteiger partial charge on any atom is 0.224 e. The van der Waals surface area contributed by atoms with Gasteiger partial charge in [-0.2, -0.15) is 0 Å². The van der Waals surface area contributed by atoms with E-state index < -0.39 is 0 Å². The van der Waals surface area contributed by atoms with Gasteiger partial charge in [0.25, 0.3) is 0 Å². The lowest BCUT2D eigenvalue weighted by molar-refractivity contribution is -0.133. The Balaban J connectivity index is 2.31. The predicted octanol–water partition coefficient (Wildman–Crippen LogP) is 2.68. The van der Waals surface area contributed by atoms with Gasteiger partial charge in [-0.15, -0.1) is 0 Å². The number of carbonyl (C=O) groups is 1. The monoisotopic (exact) mass is 197 g/mol. The Morgan fingerprint density at radius 3 is 2.36 bits per heavy atom. The van der Waals surface area contributed by atoms with Crippen LogP contribution in [0.5, 0.6) is 0 Å². The van der Waals surface area contributed by atoms with E-state index in [0.717, 1.165) is 12.5 Å². The number of rotatable bonds is 3. The molecule has 1 saturated carbocycles. The molecular formula is C12H23NO. The minimum atomic E-state index is 0.142. The molecule has 1 aliphatic rings. The molecule has 0 heterocycles. The second-order valence-corrected chi connectivity index (χ2v) is 4.88. The van der Waals surface area contributed by atoms with Crippen LogP contribution in [0, 0.1) is 11.8 Å². The third-order valence-electron chi connectivity index (χ3n) is 3.13. The van der Waals surface area contributed by atoms with E-state index in [2.05, 4.69) is 0 Å². The minimum Gasteiger partial charge on any atom is -0.345 e. The predicted molar refractivity (Wildman–Crippen MR) is 59.1 cm³/mol. The second-order valence-electron chi connectivity index (χ2n) is 4.88. The van der Waals surface area contributed by atoms with E-state index >= 15 is 0 Å². The Kier molecular flexibility index (Phi) is 4.43. The Hall–Kier alpha value is -0.530. The van der Waals surface area contributed by atoms with Crippen molar-refractivity contribution in [1.29, 1.82) is 0 Å². The summed E-state index contributed by atoms with van der Waals surface area (Å²) in [5, 5.41) is 0. The summed E-state index contributed by atoms with van der Waals surface area (Å²) >= 11 is 0. The van der Waals surface area contributed by atoms with Crippen LogP contribution in [-0.2, 0) is 4.79 Å². The summed E-state index contributed by atoms with van der Waals surface area (Å²) in [6.07, 6.45) is 6.73. The SMILES string of the molecule is CC(C)C(=O)N(C)CC1CCCCC1. The van der Waals surface area contributed by atoms with Crippen LogP contribution < -0.4 is 0 Å². The number of amides is 1. The maximum atomic E-state index is 11.6. The van der Waals surface area contributed by atoms with E-state index in [1.165, 1.54) is 32.1 Å². The van der Waals surface area contributed by atoms with Crippen molar-refractivity contribution in [3.05, 3.63) is 0 Å². The molecule has 1 fully saturated rings. The molecule has 14 heavy (non-hydrogen) atoms. The average Bonchev–Trinajstić information content (AvgIpc) is 2.18. The van der Waals surface area contributed by atoms with Gasteiger partial charge in [0.15, 0.2) is 0 Å². The first-order valence-corrected chi connectivity index (χ1v) is 5.86. The van der Waals surface area contributed by atoms with Crippen LogP contribution in [0.3, 0.4) is 0 Å². The maximum absolute atomic E-state index is 11.6. The van der Waals surface area contributed by atoms with Crippen molar-refractivity contribution in [2.45, 2.75) is 46.0 Å². The lowest BCUT2D eigenvalue weighted by Crippen LogP contribution is -2.35. The van der Waals surface area contributed by atoms with Gasteiger partial charge in [-0.1, -0.05) is 33.1 Å². The van der Waals surface area contributed by atoms with Crippen molar-refractivity contribution in [2.75, 3.05) is 13.6 Å². The highest BCUT2D eigenvalue weighted by molar-refractivity contribution is 5.77. The first-order valence-electron chi connectivity index (χ1n) is 5.86. The lowest BCUT2D eigenvalue weighted by Gasteiger charge is -2.28. The van der Waals surface area contributed by atoms with Crippen molar-refractivity contribution in [1.82, 2.24) is 4.90 Å². The van der Waals surface area contributed by atoms with E-state index in [4.69, 9.17) is 0 Å².